The van der Waals surface area contributed by atoms with Crippen LogP contribution in [0.4, 0.5) is 5.13 Å². The zero-order valence-electron chi connectivity index (χ0n) is 13.2. The molecule has 0 saturated carbocycles. The first-order chi connectivity index (χ1) is 10.0. The maximum Gasteiger partial charge on any atom is 0.186 e. The molecule has 0 radical (unpaired) electrons. The second-order valence-electron chi connectivity index (χ2n) is 6.54. The Morgan fingerprint density at radius 2 is 2.10 bits per heavy atom. The van der Waals surface area contributed by atoms with Crippen molar-refractivity contribution >= 4 is 28.1 Å². The minimum atomic E-state index is 0.679. The molecule has 6 heteroatoms. The molecule has 0 aromatic carbocycles. The smallest absolute Gasteiger partial charge is 0.186 e. The lowest BCUT2D eigenvalue weighted by Gasteiger charge is -2.49. The molecule has 3 rings (SSSR count). The summed E-state index contributed by atoms with van der Waals surface area (Å²) >= 11 is 7.97. The van der Waals surface area contributed by atoms with Crippen LogP contribution < -0.4 is 4.90 Å². The Bertz CT molecular complexity index is 484. The van der Waals surface area contributed by atoms with Crippen molar-refractivity contribution in [2.24, 2.45) is 0 Å². The molecule has 1 aromatic rings. The SMILES string of the molecule is CC1CCCCN1C1CN(Cc2sc(N(C)C)nc2Cl)C1. The Balaban J connectivity index is 1.52. The fourth-order valence-corrected chi connectivity index (χ4v) is 4.58. The Morgan fingerprint density at radius 1 is 1.33 bits per heavy atom. The van der Waals surface area contributed by atoms with Crippen molar-refractivity contribution in [1.82, 2.24) is 14.8 Å². The van der Waals surface area contributed by atoms with Gasteiger partial charge in [0.15, 0.2) is 5.13 Å². The maximum atomic E-state index is 6.26. The Labute approximate surface area is 136 Å². The van der Waals surface area contributed by atoms with E-state index in [4.69, 9.17) is 11.6 Å². The van der Waals surface area contributed by atoms with E-state index < -0.39 is 0 Å². The minimum Gasteiger partial charge on any atom is -0.354 e. The number of halogens is 1. The van der Waals surface area contributed by atoms with Crippen LogP contribution in [-0.4, -0.2) is 60.6 Å². The van der Waals surface area contributed by atoms with Crippen molar-refractivity contribution in [2.45, 2.75) is 44.8 Å². The number of piperidine rings is 1. The van der Waals surface area contributed by atoms with Gasteiger partial charge in [0, 0.05) is 45.8 Å². The molecular weight excluding hydrogens is 304 g/mol. The zero-order chi connectivity index (χ0) is 15.0. The van der Waals surface area contributed by atoms with Crippen LogP contribution >= 0.6 is 22.9 Å². The molecule has 3 heterocycles. The highest BCUT2D eigenvalue weighted by Crippen LogP contribution is 2.32. The Hall–Kier alpha value is -0.360. The van der Waals surface area contributed by atoms with Gasteiger partial charge in [0.1, 0.15) is 5.15 Å². The van der Waals surface area contributed by atoms with Crippen molar-refractivity contribution in [3.63, 3.8) is 0 Å². The second kappa shape index (κ2) is 6.41. The van der Waals surface area contributed by atoms with E-state index in [-0.39, 0.29) is 0 Å². The first-order valence-corrected chi connectivity index (χ1v) is 9.04. The van der Waals surface area contributed by atoms with E-state index in [2.05, 4.69) is 21.7 Å². The van der Waals surface area contributed by atoms with Crippen LogP contribution in [0.25, 0.3) is 0 Å². The fraction of sp³-hybridized carbons (Fsp3) is 0.800. The predicted octanol–water partition coefficient (Wildman–Crippen LogP) is 2.92. The number of rotatable bonds is 4. The van der Waals surface area contributed by atoms with Gasteiger partial charge in [-0.25, -0.2) is 4.98 Å². The molecule has 2 aliphatic rings. The van der Waals surface area contributed by atoms with Crippen LogP contribution in [0.1, 0.15) is 31.1 Å². The summed E-state index contributed by atoms with van der Waals surface area (Å²) in [5, 5.41) is 1.68. The summed E-state index contributed by atoms with van der Waals surface area (Å²) in [4.78, 5) is 12.8. The molecule has 2 aliphatic heterocycles. The molecule has 0 bridgehead atoms. The largest absolute Gasteiger partial charge is 0.354 e. The molecule has 0 spiro atoms. The summed E-state index contributed by atoms with van der Waals surface area (Å²) in [5.74, 6) is 0. The number of hydrogen-bond acceptors (Lipinski definition) is 5. The van der Waals surface area contributed by atoms with E-state index in [9.17, 15) is 0 Å². The normalized spacial score (nSPS) is 25.0. The third-order valence-electron chi connectivity index (χ3n) is 4.65. The monoisotopic (exact) mass is 328 g/mol. The quantitative estimate of drug-likeness (QED) is 0.847. The van der Waals surface area contributed by atoms with Crippen LogP contribution in [0, 0.1) is 0 Å². The second-order valence-corrected chi connectivity index (χ2v) is 7.96. The lowest BCUT2D eigenvalue weighted by molar-refractivity contribution is -0.00576. The molecule has 4 nitrogen and oxygen atoms in total. The van der Waals surface area contributed by atoms with Gasteiger partial charge in [0.2, 0.25) is 0 Å². The summed E-state index contributed by atoms with van der Waals surface area (Å²) in [7, 11) is 4.02. The molecule has 2 saturated heterocycles. The van der Waals surface area contributed by atoms with E-state index >= 15 is 0 Å². The lowest BCUT2D eigenvalue weighted by Crippen LogP contribution is -2.61. The molecule has 0 aliphatic carbocycles. The zero-order valence-corrected chi connectivity index (χ0v) is 14.8. The number of hydrogen-bond donors (Lipinski definition) is 0. The first kappa shape index (κ1) is 15.5. The average molecular weight is 329 g/mol. The summed E-state index contributed by atoms with van der Waals surface area (Å²) in [6.07, 6.45) is 4.13. The van der Waals surface area contributed by atoms with Gasteiger partial charge in [0.25, 0.3) is 0 Å². The van der Waals surface area contributed by atoms with Crippen molar-refractivity contribution in [3.05, 3.63) is 10.0 Å². The van der Waals surface area contributed by atoms with Gasteiger partial charge in [-0.3, -0.25) is 9.80 Å². The van der Waals surface area contributed by atoms with Gasteiger partial charge in [-0.05, 0) is 26.3 Å². The average Bonchev–Trinajstić information content (AvgIpc) is 2.76. The fourth-order valence-electron chi connectivity index (χ4n) is 3.36. The van der Waals surface area contributed by atoms with Gasteiger partial charge in [-0.15, -0.1) is 0 Å². The molecular formula is C15H25ClN4S. The minimum absolute atomic E-state index is 0.679. The van der Waals surface area contributed by atoms with Crippen molar-refractivity contribution in [2.75, 3.05) is 38.6 Å². The maximum absolute atomic E-state index is 6.26. The highest BCUT2D eigenvalue weighted by atomic mass is 35.5. The van der Waals surface area contributed by atoms with Gasteiger partial charge < -0.3 is 4.90 Å². The number of nitrogens with zero attached hydrogens (tertiary/aromatic N) is 4. The number of anilines is 1. The molecule has 1 atom stereocenters. The Kier molecular flexibility index (Phi) is 4.74. The topological polar surface area (TPSA) is 22.6 Å². The van der Waals surface area contributed by atoms with E-state index in [1.54, 1.807) is 11.3 Å². The highest BCUT2D eigenvalue weighted by Gasteiger charge is 2.35. The van der Waals surface area contributed by atoms with Gasteiger partial charge in [0.05, 0.1) is 4.88 Å². The molecule has 21 heavy (non-hydrogen) atoms. The van der Waals surface area contributed by atoms with Crippen LogP contribution in [0.2, 0.25) is 5.15 Å². The predicted molar refractivity (Wildman–Crippen MR) is 90.5 cm³/mol. The highest BCUT2D eigenvalue weighted by molar-refractivity contribution is 7.16. The van der Waals surface area contributed by atoms with Crippen molar-refractivity contribution in [3.8, 4) is 0 Å². The number of aromatic nitrogens is 1. The summed E-state index contributed by atoms with van der Waals surface area (Å²) in [5.41, 5.74) is 0. The van der Waals surface area contributed by atoms with Crippen LogP contribution in [0.3, 0.4) is 0 Å². The van der Waals surface area contributed by atoms with Crippen molar-refractivity contribution < 1.29 is 0 Å². The standard InChI is InChI=1S/C15H25ClN4S/c1-11-6-4-5-7-20(11)12-8-19(9-12)10-13-14(16)17-15(21-13)18(2)3/h11-12H,4-10H2,1-3H3. The summed E-state index contributed by atoms with van der Waals surface area (Å²) in [6.45, 7) is 6.96. The van der Waals surface area contributed by atoms with Gasteiger partial charge in [-0.2, -0.15) is 0 Å². The third kappa shape index (κ3) is 3.36. The molecule has 0 amide bonds. The van der Waals surface area contributed by atoms with Crippen LogP contribution in [0.15, 0.2) is 0 Å². The third-order valence-corrected chi connectivity index (χ3v) is 6.28. The number of thiazole rings is 1. The lowest BCUT2D eigenvalue weighted by atomic mass is 9.97. The first-order valence-electron chi connectivity index (χ1n) is 7.85. The summed E-state index contributed by atoms with van der Waals surface area (Å²) in [6, 6.07) is 1.51. The van der Waals surface area contributed by atoms with E-state index in [0.717, 1.165) is 23.8 Å². The summed E-state index contributed by atoms with van der Waals surface area (Å²) < 4.78 is 0. The Morgan fingerprint density at radius 3 is 2.71 bits per heavy atom. The molecule has 1 aromatic heterocycles. The molecule has 118 valence electrons. The van der Waals surface area contributed by atoms with Gasteiger partial charge >= 0.3 is 0 Å². The van der Waals surface area contributed by atoms with E-state index in [1.165, 1.54) is 43.8 Å². The van der Waals surface area contributed by atoms with E-state index in [0.29, 0.717) is 5.15 Å². The number of likely N-dealkylation sites (tertiary alicyclic amines) is 2. The van der Waals surface area contributed by atoms with Gasteiger partial charge in [-0.1, -0.05) is 29.4 Å². The van der Waals surface area contributed by atoms with Crippen molar-refractivity contribution in [1.29, 1.82) is 0 Å². The van der Waals surface area contributed by atoms with E-state index in [1.807, 2.05) is 19.0 Å². The molecule has 1 unspecified atom stereocenters. The van der Waals surface area contributed by atoms with Crippen LogP contribution in [-0.2, 0) is 6.54 Å². The molecule has 0 N–H and O–H groups in total. The molecule has 2 fully saturated rings. The van der Waals surface area contributed by atoms with Crippen LogP contribution in [0.5, 0.6) is 0 Å².